The van der Waals surface area contributed by atoms with E-state index in [-0.39, 0.29) is 0 Å². The minimum atomic E-state index is 0.554. The Morgan fingerprint density at radius 2 is 2.10 bits per heavy atom. The zero-order valence-corrected chi connectivity index (χ0v) is 5.71. The van der Waals surface area contributed by atoms with Crippen LogP contribution in [0.1, 0.15) is 0 Å². The molecule has 2 heteroatoms. The summed E-state index contributed by atoms with van der Waals surface area (Å²) in [6.07, 6.45) is 0. The lowest BCUT2D eigenvalue weighted by molar-refractivity contribution is 0.328. The molecule has 0 saturated carbocycles. The van der Waals surface area contributed by atoms with Gasteiger partial charge >= 0.3 is 0 Å². The number of rotatable bonds is 3. The van der Waals surface area contributed by atoms with Crippen LogP contribution in [-0.2, 0) is 0 Å². The van der Waals surface area contributed by atoms with Gasteiger partial charge in [0, 0.05) is 6.54 Å². The van der Waals surface area contributed by atoms with Crippen LogP contribution in [0.15, 0.2) is 24.3 Å². The molecule has 53 valence electrons. The highest BCUT2D eigenvalue weighted by atomic mass is 16.5. The van der Waals surface area contributed by atoms with Crippen molar-refractivity contribution in [3.05, 3.63) is 30.3 Å². The van der Waals surface area contributed by atoms with Gasteiger partial charge < -0.3 is 10.5 Å². The van der Waals surface area contributed by atoms with Crippen LogP contribution in [0.3, 0.4) is 0 Å². The Labute approximate surface area is 60.6 Å². The molecule has 0 aliphatic carbocycles. The van der Waals surface area contributed by atoms with Gasteiger partial charge in [-0.1, -0.05) is 12.1 Å². The van der Waals surface area contributed by atoms with Crippen LogP contribution in [0.25, 0.3) is 0 Å². The third-order valence-electron chi connectivity index (χ3n) is 1.07. The minimum absolute atomic E-state index is 0.554. The van der Waals surface area contributed by atoms with Crippen LogP contribution < -0.4 is 10.5 Å². The summed E-state index contributed by atoms with van der Waals surface area (Å²) >= 11 is 0. The zero-order chi connectivity index (χ0) is 7.23. The molecule has 1 aromatic rings. The zero-order valence-electron chi connectivity index (χ0n) is 5.71. The summed E-state index contributed by atoms with van der Waals surface area (Å²) in [4.78, 5) is 0. The number of ether oxygens (including phenoxy) is 1. The van der Waals surface area contributed by atoms with Crippen LogP contribution in [0, 0.1) is 6.07 Å². The van der Waals surface area contributed by atoms with Crippen molar-refractivity contribution >= 4 is 0 Å². The van der Waals surface area contributed by atoms with E-state index in [1.807, 2.05) is 24.3 Å². The van der Waals surface area contributed by atoms with E-state index in [1.54, 1.807) is 0 Å². The molecule has 1 rings (SSSR count). The minimum Gasteiger partial charge on any atom is -0.492 e. The molecule has 0 unspecified atom stereocenters. The summed E-state index contributed by atoms with van der Waals surface area (Å²) in [5.74, 6) is 0.851. The molecule has 1 radical (unpaired) electrons. The molecular weight excluding hydrogens is 126 g/mol. The molecule has 0 saturated heterocycles. The summed E-state index contributed by atoms with van der Waals surface area (Å²) in [6, 6.07) is 10.2. The summed E-state index contributed by atoms with van der Waals surface area (Å²) in [7, 11) is 0. The average Bonchev–Trinajstić information content (AvgIpc) is 2.03. The fourth-order valence-electron chi connectivity index (χ4n) is 0.645. The van der Waals surface area contributed by atoms with Crippen LogP contribution in [0.5, 0.6) is 5.75 Å². The molecule has 2 nitrogen and oxygen atoms in total. The van der Waals surface area contributed by atoms with Crippen molar-refractivity contribution in [2.24, 2.45) is 5.73 Å². The molecule has 0 aliphatic rings. The molecule has 1 aromatic carbocycles. The Morgan fingerprint density at radius 1 is 1.40 bits per heavy atom. The smallest absolute Gasteiger partial charge is 0.119 e. The monoisotopic (exact) mass is 136 g/mol. The van der Waals surface area contributed by atoms with E-state index >= 15 is 0 Å². The van der Waals surface area contributed by atoms with E-state index in [2.05, 4.69) is 6.07 Å². The molecule has 0 bridgehead atoms. The van der Waals surface area contributed by atoms with Crippen molar-refractivity contribution in [1.82, 2.24) is 0 Å². The van der Waals surface area contributed by atoms with Crippen molar-refractivity contribution in [1.29, 1.82) is 0 Å². The molecule has 10 heavy (non-hydrogen) atoms. The van der Waals surface area contributed by atoms with Gasteiger partial charge in [-0.3, -0.25) is 0 Å². The molecule has 0 aromatic heterocycles. The Bertz CT molecular complexity index is 174. The Morgan fingerprint density at radius 3 is 2.70 bits per heavy atom. The predicted octanol–water partition coefficient (Wildman–Crippen LogP) is 0.824. The Balaban J connectivity index is 2.43. The van der Waals surface area contributed by atoms with E-state index in [1.165, 1.54) is 0 Å². The van der Waals surface area contributed by atoms with Crippen LogP contribution in [0.2, 0.25) is 0 Å². The first-order chi connectivity index (χ1) is 4.93. The number of hydrogen-bond donors (Lipinski definition) is 1. The van der Waals surface area contributed by atoms with Crippen molar-refractivity contribution < 1.29 is 4.74 Å². The van der Waals surface area contributed by atoms with Gasteiger partial charge in [-0.15, -0.1) is 0 Å². The SMILES string of the molecule is NCCOc1cc[c]cc1. The maximum absolute atomic E-state index is 5.24. The lowest BCUT2D eigenvalue weighted by Crippen LogP contribution is -2.10. The first kappa shape index (κ1) is 7.09. The van der Waals surface area contributed by atoms with Gasteiger partial charge in [0.05, 0.1) is 0 Å². The van der Waals surface area contributed by atoms with Crippen LogP contribution in [0.4, 0.5) is 0 Å². The van der Waals surface area contributed by atoms with Gasteiger partial charge in [0.2, 0.25) is 0 Å². The second-order valence-electron chi connectivity index (χ2n) is 1.87. The molecule has 0 amide bonds. The molecular formula is C8H10NO. The summed E-state index contributed by atoms with van der Waals surface area (Å²) in [5.41, 5.74) is 5.24. The molecule has 0 heterocycles. The standard InChI is InChI=1S/C8H10NO/c9-6-7-10-8-4-2-1-3-5-8/h2-5H,6-7,9H2. The highest BCUT2D eigenvalue weighted by molar-refractivity contribution is 5.20. The van der Waals surface area contributed by atoms with Gasteiger partial charge in [-0.05, 0) is 18.2 Å². The Hall–Kier alpha value is -1.02. The number of hydrogen-bond acceptors (Lipinski definition) is 2. The van der Waals surface area contributed by atoms with E-state index in [4.69, 9.17) is 10.5 Å². The van der Waals surface area contributed by atoms with E-state index in [0.717, 1.165) is 5.75 Å². The fourth-order valence-corrected chi connectivity index (χ4v) is 0.645. The lowest BCUT2D eigenvalue weighted by atomic mass is 10.3. The van der Waals surface area contributed by atoms with E-state index < -0.39 is 0 Å². The second-order valence-corrected chi connectivity index (χ2v) is 1.87. The Kier molecular flexibility index (Phi) is 2.77. The summed E-state index contributed by atoms with van der Waals surface area (Å²) in [5, 5.41) is 0. The highest BCUT2D eigenvalue weighted by Crippen LogP contribution is 2.06. The first-order valence-electron chi connectivity index (χ1n) is 3.22. The average molecular weight is 136 g/mol. The van der Waals surface area contributed by atoms with Crippen molar-refractivity contribution in [3.8, 4) is 5.75 Å². The van der Waals surface area contributed by atoms with Crippen LogP contribution in [-0.4, -0.2) is 13.2 Å². The van der Waals surface area contributed by atoms with Gasteiger partial charge in [0.1, 0.15) is 12.4 Å². The number of benzene rings is 1. The first-order valence-corrected chi connectivity index (χ1v) is 3.22. The topological polar surface area (TPSA) is 35.2 Å². The number of nitrogens with two attached hydrogens (primary N) is 1. The molecule has 0 spiro atoms. The lowest BCUT2D eigenvalue weighted by Gasteiger charge is -2.01. The van der Waals surface area contributed by atoms with Gasteiger partial charge in [-0.25, -0.2) is 0 Å². The van der Waals surface area contributed by atoms with Crippen molar-refractivity contribution in [2.75, 3.05) is 13.2 Å². The van der Waals surface area contributed by atoms with E-state index in [0.29, 0.717) is 13.2 Å². The molecule has 0 aliphatic heterocycles. The normalized spacial score (nSPS) is 9.30. The quantitative estimate of drug-likeness (QED) is 0.667. The maximum Gasteiger partial charge on any atom is 0.119 e. The van der Waals surface area contributed by atoms with Crippen molar-refractivity contribution in [2.45, 2.75) is 0 Å². The predicted molar refractivity (Wildman–Crippen MR) is 39.8 cm³/mol. The molecule has 2 N–H and O–H groups in total. The molecule has 0 fully saturated rings. The second kappa shape index (κ2) is 3.90. The van der Waals surface area contributed by atoms with Gasteiger partial charge in [0.15, 0.2) is 0 Å². The summed E-state index contributed by atoms with van der Waals surface area (Å²) in [6.45, 7) is 1.13. The maximum atomic E-state index is 5.24. The third-order valence-corrected chi connectivity index (χ3v) is 1.07. The van der Waals surface area contributed by atoms with Gasteiger partial charge in [0.25, 0.3) is 0 Å². The summed E-state index contributed by atoms with van der Waals surface area (Å²) < 4.78 is 5.21. The highest BCUT2D eigenvalue weighted by Gasteiger charge is 1.86. The van der Waals surface area contributed by atoms with Gasteiger partial charge in [-0.2, -0.15) is 0 Å². The van der Waals surface area contributed by atoms with E-state index in [9.17, 15) is 0 Å². The fraction of sp³-hybridized carbons (Fsp3) is 0.250. The van der Waals surface area contributed by atoms with Crippen molar-refractivity contribution in [3.63, 3.8) is 0 Å². The van der Waals surface area contributed by atoms with Crippen LogP contribution >= 0.6 is 0 Å². The molecule has 0 atom stereocenters. The largest absolute Gasteiger partial charge is 0.492 e. The third kappa shape index (κ3) is 2.07.